The Bertz CT molecular complexity index is 417. The molecule has 1 N–H and O–H groups in total. The smallest absolute Gasteiger partial charge is 0.373 e. The summed E-state index contributed by atoms with van der Waals surface area (Å²) in [5.74, 6) is 0. The molecule has 0 bridgehead atoms. The highest BCUT2D eigenvalue weighted by Gasteiger charge is 2.31. The monoisotopic (exact) mass is 273 g/mol. The normalized spacial score (nSPS) is 24.4. The number of nitrogens with one attached hydrogen (secondary N) is 1. The van der Waals surface area contributed by atoms with Crippen LogP contribution in [0, 0.1) is 0 Å². The van der Waals surface area contributed by atoms with Gasteiger partial charge >= 0.3 is 6.18 Å². The van der Waals surface area contributed by atoms with Gasteiger partial charge < -0.3 is 10.1 Å². The zero-order valence-corrected chi connectivity index (χ0v) is 10.8. The fraction of sp³-hybridized carbons (Fsp3) is 0.571. The average molecular weight is 273 g/mol. The number of rotatable bonds is 3. The van der Waals surface area contributed by atoms with Gasteiger partial charge in [0.25, 0.3) is 0 Å². The van der Waals surface area contributed by atoms with Crippen LogP contribution in [0.4, 0.5) is 13.2 Å². The van der Waals surface area contributed by atoms with E-state index >= 15 is 0 Å². The summed E-state index contributed by atoms with van der Waals surface area (Å²) in [6.07, 6.45) is -2.93. The highest BCUT2D eigenvalue weighted by atomic mass is 19.4. The van der Waals surface area contributed by atoms with Crippen LogP contribution in [-0.2, 0) is 10.9 Å². The summed E-state index contributed by atoms with van der Waals surface area (Å²) in [6.45, 7) is 3.47. The van der Waals surface area contributed by atoms with Gasteiger partial charge in [-0.05, 0) is 37.1 Å². The summed E-state index contributed by atoms with van der Waals surface area (Å²) in [5.41, 5.74) is -0.00315. The Morgan fingerprint density at radius 2 is 2.16 bits per heavy atom. The number of ether oxygens (including phenoxy) is 1. The molecule has 0 aliphatic carbocycles. The molecule has 1 aliphatic rings. The zero-order chi connectivity index (χ0) is 13.9. The lowest BCUT2D eigenvalue weighted by molar-refractivity contribution is -0.137. The number of hydrogen-bond donors (Lipinski definition) is 1. The van der Waals surface area contributed by atoms with Gasteiger partial charge in [0.05, 0.1) is 11.7 Å². The Hall–Kier alpha value is -1.07. The topological polar surface area (TPSA) is 21.3 Å². The van der Waals surface area contributed by atoms with Crippen molar-refractivity contribution in [2.45, 2.75) is 38.1 Å². The molecular weight excluding hydrogens is 255 g/mol. The SMILES string of the molecule is CCNC1CCOC(c2cccc(C(F)(F)F)c2)C1. The van der Waals surface area contributed by atoms with Crippen molar-refractivity contribution in [2.75, 3.05) is 13.2 Å². The highest BCUT2D eigenvalue weighted by molar-refractivity contribution is 5.27. The minimum absolute atomic E-state index is 0.250. The third kappa shape index (κ3) is 3.70. The third-order valence-electron chi connectivity index (χ3n) is 3.36. The van der Waals surface area contributed by atoms with Gasteiger partial charge in [0, 0.05) is 12.6 Å². The lowest BCUT2D eigenvalue weighted by Crippen LogP contribution is -2.35. The van der Waals surface area contributed by atoms with Crippen LogP contribution in [0.5, 0.6) is 0 Å². The van der Waals surface area contributed by atoms with Gasteiger partial charge in [0.1, 0.15) is 0 Å². The van der Waals surface area contributed by atoms with Crippen LogP contribution < -0.4 is 5.32 Å². The lowest BCUT2D eigenvalue weighted by atomic mass is 9.96. The molecular formula is C14H18F3NO. The van der Waals surface area contributed by atoms with E-state index in [9.17, 15) is 13.2 Å². The van der Waals surface area contributed by atoms with E-state index in [4.69, 9.17) is 4.74 Å². The zero-order valence-electron chi connectivity index (χ0n) is 10.8. The molecule has 1 saturated heterocycles. The van der Waals surface area contributed by atoms with Gasteiger partial charge in [-0.15, -0.1) is 0 Å². The van der Waals surface area contributed by atoms with Crippen LogP contribution in [0.15, 0.2) is 24.3 Å². The first-order valence-electron chi connectivity index (χ1n) is 6.53. The van der Waals surface area contributed by atoms with E-state index in [1.54, 1.807) is 6.07 Å². The van der Waals surface area contributed by atoms with Crippen molar-refractivity contribution in [3.8, 4) is 0 Å². The maximum absolute atomic E-state index is 12.7. The Balaban J connectivity index is 2.13. The molecule has 1 heterocycles. The maximum Gasteiger partial charge on any atom is 0.416 e. The Morgan fingerprint density at radius 3 is 2.84 bits per heavy atom. The van der Waals surface area contributed by atoms with Gasteiger partial charge in [0.15, 0.2) is 0 Å². The van der Waals surface area contributed by atoms with E-state index in [0.717, 1.165) is 25.5 Å². The standard InChI is InChI=1S/C14H18F3NO/c1-2-18-12-6-7-19-13(9-12)10-4-3-5-11(8-10)14(15,16)17/h3-5,8,12-13,18H,2,6-7,9H2,1H3. The van der Waals surface area contributed by atoms with Gasteiger partial charge in [-0.2, -0.15) is 13.2 Å². The second-order valence-corrected chi connectivity index (χ2v) is 4.76. The van der Waals surface area contributed by atoms with Crippen molar-refractivity contribution in [2.24, 2.45) is 0 Å². The van der Waals surface area contributed by atoms with Crippen molar-refractivity contribution < 1.29 is 17.9 Å². The molecule has 0 amide bonds. The molecule has 1 aliphatic heterocycles. The molecule has 5 heteroatoms. The molecule has 2 rings (SSSR count). The van der Waals surface area contributed by atoms with E-state index in [-0.39, 0.29) is 6.10 Å². The molecule has 2 unspecified atom stereocenters. The van der Waals surface area contributed by atoms with E-state index in [1.807, 2.05) is 6.92 Å². The highest BCUT2D eigenvalue weighted by Crippen LogP contribution is 2.33. The first-order chi connectivity index (χ1) is 9.00. The van der Waals surface area contributed by atoms with E-state index in [1.165, 1.54) is 12.1 Å². The van der Waals surface area contributed by atoms with Crippen molar-refractivity contribution in [3.05, 3.63) is 35.4 Å². The van der Waals surface area contributed by atoms with Crippen LogP contribution in [-0.4, -0.2) is 19.2 Å². The largest absolute Gasteiger partial charge is 0.416 e. The molecule has 2 nitrogen and oxygen atoms in total. The summed E-state index contributed by atoms with van der Waals surface area (Å²) in [4.78, 5) is 0. The third-order valence-corrected chi connectivity index (χ3v) is 3.36. The lowest BCUT2D eigenvalue weighted by Gasteiger charge is -2.30. The van der Waals surface area contributed by atoms with E-state index < -0.39 is 11.7 Å². The second kappa shape index (κ2) is 5.92. The molecule has 1 aromatic rings. The molecule has 1 aromatic carbocycles. The van der Waals surface area contributed by atoms with Gasteiger partial charge in [-0.1, -0.05) is 19.1 Å². The maximum atomic E-state index is 12.7. The molecule has 0 radical (unpaired) electrons. The van der Waals surface area contributed by atoms with Crippen molar-refractivity contribution in [3.63, 3.8) is 0 Å². The number of benzene rings is 1. The van der Waals surface area contributed by atoms with E-state index in [2.05, 4.69) is 5.32 Å². The molecule has 0 spiro atoms. The van der Waals surface area contributed by atoms with Crippen molar-refractivity contribution in [1.82, 2.24) is 5.32 Å². The molecule has 0 saturated carbocycles. The number of halogens is 3. The first-order valence-corrected chi connectivity index (χ1v) is 6.53. The molecule has 2 atom stereocenters. The Morgan fingerprint density at radius 1 is 1.37 bits per heavy atom. The second-order valence-electron chi connectivity index (χ2n) is 4.76. The van der Waals surface area contributed by atoms with Crippen LogP contribution in [0.25, 0.3) is 0 Å². The van der Waals surface area contributed by atoms with Crippen LogP contribution in [0.1, 0.15) is 37.0 Å². The van der Waals surface area contributed by atoms with Gasteiger partial charge in [-0.3, -0.25) is 0 Å². The minimum atomic E-state index is -4.30. The van der Waals surface area contributed by atoms with E-state index in [0.29, 0.717) is 18.2 Å². The van der Waals surface area contributed by atoms with Crippen LogP contribution in [0.2, 0.25) is 0 Å². The van der Waals surface area contributed by atoms with Crippen LogP contribution in [0.3, 0.4) is 0 Å². The summed E-state index contributed by atoms with van der Waals surface area (Å²) in [5, 5.41) is 3.33. The number of alkyl halides is 3. The summed E-state index contributed by atoms with van der Waals surface area (Å²) in [7, 11) is 0. The van der Waals surface area contributed by atoms with Crippen LogP contribution >= 0.6 is 0 Å². The van der Waals surface area contributed by atoms with Crippen molar-refractivity contribution >= 4 is 0 Å². The minimum Gasteiger partial charge on any atom is -0.373 e. The molecule has 19 heavy (non-hydrogen) atoms. The molecule has 106 valence electrons. The Labute approximate surface area is 111 Å². The quantitative estimate of drug-likeness (QED) is 0.909. The van der Waals surface area contributed by atoms with Crippen molar-refractivity contribution in [1.29, 1.82) is 0 Å². The predicted molar refractivity (Wildman–Crippen MR) is 66.8 cm³/mol. The first kappa shape index (κ1) is 14.3. The van der Waals surface area contributed by atoms with Gasteiger partial charge in [0.2, 0.25) is 0 Å². The summed E-state index contributed by atoms with van der Waals surface area (Å²) < 4.78 is 43.6. The molecule has 0 aromatic heterocycles. The average Bonchev–Trinajstić information content (AvgIpc) is 2.39. The summed E-state index contributed by atoms with van der Waals surface area (Å²) >= 11 is 0. The summed E-state index contributed by atoms with van der Waals surface area (Å²) in [6, 6.07) is 5.75. The number of hydrogen-bond acceptors (Lipinski definition) is 2. The van der Waals surface area contributed by atoms with Gasteiger partial charge in [-0.25, -0.2) is 0 Å². The fourth-order valence-electron chi connectivity index (χ4n) is 2.42. The predicted octanol–water partition coefficient (Wildman–Crippen LogP) is 3.54. The fourth-order valence-corrected chi connectivity index (χ4v) is 2.42. The molecule has 1 fully saturated rings. The Kier molecular flexibility index (Phi) is 4.47.